The van der Waals surface area contributed by atoms with Gasteiger partial charge in [0.2, 0.25) is 0 Å². The maximum atomic E-state index is 11.1. The molecule has 0 amide bonds. The van der Waals surface area contributed by atoms with E-state index < -0.39 is 0 Å². The second-order valence-electron chi connectivity index (χ2n) is 2.64. The van der Waals surface area contributed by atoms with Crippen LogP contribution in [-0.2, 0) is 5.21 Å². The minimum atomic E-state index is 0.112. The van der Waals surface area contributed by atoms with E-state index in [0.717, 1.165) is 0 Å². The Kier molecular flexibility index (Phi) is 1.66. The van der Waals surface area contributed by atoms with E-state index >= 15 is 0 Å². The maximum Gasteiger partial charge on any atom is 0.336 e. The lowest BCUT2D eigenvalue weighted by Crippen LogP contribution is -2.26. The van der Waals surface area contributed by atoms with Crippen LogP contribution in [0.2, 0.25) is 0 Å². The Morgan fingerprint density at radius 2 is 1.92 bits per heavy atom. The van der Waals surface area contributed by atoms with Crippen LogP contribution in [0, 0.1) is 5.21 Å². The molecule has 0 aliphatic rings. The van der Waals surface area contributed by atoms with E-state index in [4.69, 9.17) is 0 Å². The Morgan fingerprint density at radius 1 is 1.23 bits per heavy atom. The molecule has 65 valence electrons. The molecule has 0 atom stereocenters. The van der Waals surface area contributed by atoms with E-state index in [-0.39, 0.29) is 5.82 Å². The summed E-state index contributed by atoms with van der Waals surface area (Å²) >= 11 is 0. The molecule has 1 aromatic carbocycles. The normalized spacial score (nSPS) is 10.2. The highest BCUT2D eigenvalue weighted by atomic mass is 16.5. The highest BCUT2D eigenvalue weighted by Crippen LogP contribution is 2.13. The summed E-state index contributed by atoms with van der Waals surface area (Å²) in [5.41, 5.74) is 0.623. The van der Waals surface area contributed by atoms with Crippen molar-refractivity contribution in [2.75, 3.05) is 0 Å². The molecule has 0 fully saturated rings. The van der Waals surface area contributed by atoms with E-state index in [9.17, 15) is 10.4 Å². The Hall–Kier alpha value is -1.97. The number of benzene rings is 1. The first kappa shape index (κ1) is 7.67. The average Bonchev–Trinajstić information content (AvgIpc) is 2.48. The minimum absolute atomic E-state index is 0.112. The third-order valence-corrected chi connectivity index (χ3v) is 1.79. The number of nitrogens with zero attached hydrogens (tertiary/aromatic N) is 2. The van der Waals surface area contributed by atoms with Gasteiger partial charge in [-0.05, 0) is 12.1 Å². The topological polar surface area (TPSA) is 51.8 Å². The van der Waals surface area contributed by atoms with Gasteiger partial charge in [0.1, 0.15) is 6.20 Å². The average molecular weight is 175 g/mol. The number of rotatable bonds is 1. The molecule has 1 radical (unpaired) electrons. The quantitative estimate of drug-likeness (QED) is 0.471. The van der Waals surface area contributed by atoms with Gasteiger partial charge in [-0.3, -0.25) is 0 Å². The minimum Gasteiger partial charge on any atom is -0.710 e. The third kappa shape index (κ3) is 1.22. The molecule has 4 nitrogen and oxygen atoms in total. The van der Waals surface area contributed by atoms with Gasteiger partial charge in [-0.25, -0.2) is 4.73 Å². The molecular formula is C9H7N2O2. The molecule has 0 saturated heterocycles. The van der Waals surface area contributed by atoms with Crippen LogP contribution in [0.25, 0.3) is 11.4 Å². The summed E-state index contributed by atoms with van der Waals surface area (Å²) in [7, 11) is 0. The van der Waals surface area contributed by atoms with E-state index in [2.05, 4.69) is 0 Å². The van der Waals surface area contributed by atoms with Gasteiger partial charge in [0, 0.05) is 4.73 Å². The predicted octanol–water partition coefficient (Wildman–Crippen LogP) is 0.982. The lowest BCUT2D eigenvalue weighted by atomic mass is 10.2. The predicted molar refractivity (Wildman–Crippen MR) is 44.9 cm³/mol. The van der Waals surface area contributed by atoms with Gasteiger partial charge < -0.3 is 5.21 Å². The molecule has 0 bridgehead atoms. The van der Waals surface area contributed by atoms with Crippen LogP contribution in [0.5, 0.6) is 0 Å². The summed E-state index contributed by atoms with van der Waals surface area (Å²) in [5.74, 6) is 0.112. The Balaban J connectivity index is 2.59. The van der Waals surface area contributed by atoms with Crippen LogP contribution in [-0.4, -0.2) is 4.73 Å². The lowest BCUT2D eigenvalue weighted by molar-refractivity contribution is -0.594. The van der Waals surface area contributed by atoms with E-state index in [1.165, 1.54) is 12.4 Å². The molecule has 13 heavy (non-hydrogen) atoms. The first-order valence-corrected chi connectivity index (χ1v) is 3.82. The van der Waals surface area contributed by atoms with Gasteiger partial charge in [-0.15, -0.1) is 0 Å². The number of hydrogen-bond donors (Lipinski definition) is 0. The Labute approximate surface area is 74.8 Å². The van der Waals surface area contributed by atoms with Gasteiger partial charge in [-0.1, -0.05) is 23.4 Å². The fraction of sp³-hybridized carbons (Fsp3) is 0. The van der Waals surface area contributed by atoms with Crippen molar-refractivity contribution >= 4 is 0 Å². The van der Waals surface area contributed by atoms with Crippen LogP contribution in [0.1, 0.15) is 0 Å². The molecule has 1 aromatic heterocycles. The summed E-state index contributed by atoms with van der Waals surface area (Å²) in [6.07, 6.45) is 2.38. The molecular weight excluding hydrogens is 168 g/mol. The molecule has 0 unspecified atom stereocenters. The number of imidazole rings is 1. The summed E-state index contributed by atoms with van der Waals surface area (Å²) in [5, 5.41) is 22.3. The fourth-order valence-electron chi connectivity index (χ4n) is 1.20. The zero-order valence-corrected chi connectivity index (χ0v) is 6.75. The van der Waals surface area contributed by atoms with Crippen LogP contribution in [0.15, 0.2) is 42.7 Å². The van der Waals surface area contributed by atoms with E-state index in [1.807, 2.05) is 6.07 Å². The van der Waals surface area contributed by atoms with Crippen molar-refractivity contribution in [2.24, 2.45) is 0 Å². The van der Waals surface area contributed by atoms with E-state index in [0.29, 0.717) is 15.0 Å². The lowest BCUT2D eigenvalue weighted by Gasteiger charge is -1.99. The second kappa shape index (κ2) is 2.82. The monoisotopic (exact) mass is 175 g/mol. The number of hydrogen-bond acceptors (Lipinski definition) is 1. The maximum absolute atomic E-state index is 11.1. The molecule has 0 aliphatic heterocycles. The van der Waals surface area contributed by atoms with Gasteiger partial charge in [0.25, 0.3) is 0 Å². The summed E-state index contributed by atoms with van der Waals surface area (Å²) < 4.78 is 1.12. The van der Waals surface area contributed by atoms with Crippen molar-refractivity contribution in [2.45, 2.75) is 0 Å². The van der Waals surface area contributed by atoms with Crippen molar-refractivity contribution < 1.29 is 9.94 Å². The molecule has 2 aromatic rings. The van der Waals surface area contributed by atoms with Gasteiger partial charge >= 0.3 is 5.82 Å². The van der Waals surface area contributed by atoms with Crippen molar-refractivity contribution in [3.05, 3.63) is 47.9 Å². The second-order valence-corrected chi connectivity index (χ2v) is 2.64. The molecule has 4 heteroatoms. The van der Waals surface area contributed by atoms with Gasteiger partial charge in [0.05, 0.1) is 5.56 Å². The summed E-state index contributed by atoms with van der Waals surface area (Å²) in [6, 6.07) is 8.83. The molecule has 0 N–H and O–H groups in total. The van der Waals surface area contributed by atoms with Crippen LogP contribution < -0.4 is 4.73 Å². The smallest absolute Gasteiger partial charge is 0.336 e. The van der Waals surface area contributed by atoms with Crippen molar-refractivity contribution in [3.63, 3.8) is 0 Å². The largest absolute Gasteiger partial charge is 0.710 e. The summed E-state index contributed by atoms with van der Waals surface area (Å²) in [6.45, 7) is 0. The fourth-order valence-corrected chi connectivity index (χ4v) is 1.20. The zero-order chi connectivity index (χ0) is 9.26. The molecule has 0 aliphatic carbocycles. The Morgan fingerprint density at radius 3 is 2.46 bits per heavy atom. The first-order chi connectivity index (χ1) is 6.29. The SMILES string of the molecule is [O]n1cc[n+]([O-])c1-c1ccccc1. The standard InChI is InChI=1S/C9H7N2O2/c12-10-6-7-11(13)9(10)8-4-2-1-3-5-8/h1-7H. The molecule has 2 rings (SSSR count). The number of aromatic nitrogens is 2. The summed E-state index contributed by atoms with van der Waals surface area (Å²) in [4.78, 5) is 0. The van der Waals surface area contributed by atoms with Crippen LogP contribution in [0.3, 0.4) is 0 Å². The zero-order valence-electron chi connectivity index (χ0n) is 6.75. The molecule has 1 heterocycles. The highest BCUT2D eigenvalue weighted by Gasteiger charge is 2.15. The van der Waals surface area contributed by atoms with Crippen molar-refractivity contribution in [1.29, 1.82) is 0 Å². The van der Waals surface area contributed by atoms with Gasteiger partial charge in [-0.2, -0.15) is 0 Å². The molecule has 0 spiro atoms. The van der Waals surface area contributed by atoms with Crippen molar-refractivity contribution in [1.82, 2.24) is 4.73 Å². The van der Waals surface area contributed by atoms with E-state index in [1.54, 1.807) is 24.3 Å². The van der Waals surface area contributed by atoms with Crippen molar-refractivity contribution in [3.8, 4) is 11.4 Å². The van der Waals surface area contributed by atoms with Gasteiger partial charge in [0.15, 0.2) is 6.20 Å². The highest BCUT2D eigenvalue weighted by molar-refractivity contribution is 5.51. The van der Waals surface area contributed by atoms with Crippen LogP contribution >= 0.6 is 0 Å². The third-order valence-electron chi connectivity index (χ3n) is 1.79. The van der Waals surface area contributed by atoms with Crippen LogP contribution in [0.4, 0.5) is 0 Å². The first-order valence-electron chi connectivity index (χ1n) is 3.82. The Bertz CT molecular complexity index is 389. The molecule has 0 saturated carbocycles.